The first-order chi connectivity index (χ1) is 14.5. The minimum Gasteiger partial charge on any atom is -0.440 e. The molecule has 2 aromatic carbocycles. The number of quaternary nitrogens is 1. The van der Waals surface area contributed by atoms with Gasteiger partial charge in [0.2, 0.25) is 5.88 Å². The number of nitriles is 1. The topological polar surface area (TPSA) is 63.5 Å². The van der Waals surface area contributed by atoms with E-state index in [1.165, 1.54) is 16.0 Å². The van der Waals surface area contributed by atoms with Gasteiger partial charge in [0.05, 0.1) is 18.0 Å². The Hall–Kier alpha value is -3.29. The van der Waals surface area contributed by atoms with Gasteiger partial charge in [-0.1, -0.05) is 48.5 Å². The molecule has 2 aromatic rings. The fourth-order valence-electron chi connectivity index (χ4n) is 4.49. The maximum absolute atomic E-state index is 9.92. The third kappa shape index (κ3) is 3.53. The SMILES string of the molecule is CC[NH+]1C=C(Cc2ccccc2C)C2=C(C1)[C@@H](c1ccccc1C)C(C#N)=C(N)O2. The average molecular weight is 399 g/mol. The predicted octanol–water partition coefficient (Wildman–Crippen LogP) is 3.41. The smallest absolute Gasteiger partial charge is 0.205 e. The van der Waals surface area contributed by atoms with E-state index < -0.39 is 0 Å². The number of allylic oxidation sites excluding steroid dienone is 2. The molecule has 1 unspecified atom stereocenters. The molecule has 4 rings (SSSR count). The molecular formula is C26H28N3O+. The molecular weight excluding hydrogens is 370 g/mol. The Morgan fingerprint density at radius 1 is 1.10 bits per heavy atom. The number of nitrogens with two attached hydrogens (primary N) is 1. The third-order valence-corrected chi connectivity index (χ3v) is 6.21. The molecule has 0 spiro atoms. The van der Waals surface area contributed by atoms with Gasteiger partial charge in [0.1, 0.15) is 30.1 Å². The van der Waals surface area contributed by atoms with Crippen LogP contribution in [0.2, 0.25) is 0 Å². The summed E-state index contributed by atoms with van der Waals surface area (Å²) in [5, 5.41) is 9.92. The van der Waals surface area contributed by atoms with Crippen molar-refractivity contribution in [2.75, 3.05) is 13.1 Å². The van der Waals surface area contributed by atoms with Gasteiger partial charge in [-0.25, -0.2) is 0 Å². The van der Waals surface area contributed by atoms with E-state index in [-0.39, 0.29) is 11.8 Å². The maximum atomic E-state index is 9.92. The Labute approximate surface area is 178 Å². The number of hydrogen-bond acceptors (Lipinski definition) is 3. The van der Waals surface area contributed by atoms with Crippen molar-refractivity contribution in [2.24, 2.45) is 5.73 Å². The standard InChI is InChI=1S/C26H27N3O/c1-4-29-15-20(13-19-11-7-5-9-17(19)2)25-23(16-29)24(22(14-27)26(28)30-25)21-12-8-6-10-18(21)3/h5-12,15,24H,4,13,16,28H2,1-3H3/p+1/t24-/m0/s1. The summed E-state index contributed by atoms with van der Waals surface area (Å²) >= 11 is 0. The second-order valence-corrected chi connectivity index (χ2v) is 8.10. The van der Waals surface area contributed by atoms with Gasteiger partial charge >= 0.3 is 0 Å². The molecule has 2 heterocycles. The van der Waals surface area contributed by atoms with Gasteiger partial charge in [0, 0.05) is 12.0 Å². The van der Waals surface area contributed by atoms with E-state index in [1.807, 2.05) is 12.1 Å². The summed E-state index contributed by atoms with van der Waals surface area (Å²) in [7, 11) is 0. The quantitative estimate of drug-likeness (QED) is 0.830. The van der Waals surface area contributed by atoms with Gasteiger partial charge in [-0.05, 0) is 43.0 Å². The zero-order chi connectivity index (χ0) is 21.3. The van der Waals surface area contributed by atoms with Crippen LogP contribution in [0.25, 0.3) is 0 Å². The van der Waals surface area contributed by atoms with Gasteiger partial charge in [0.25, 0.3) is 0 Å². The van der Waals surface area contributed by atoms with Gasteiger partial charge in [-0.2, -0.15) is 5.26 Å². The van der Waals surface area contributed by atoms with E-state index in [4.69, 9.17) is 10.5 Å². The lowest BCUT2D eigenvalue weighted by atomic mass is 9.78. The Kier molecular flexibility index (Phi) is 5.48. The molecule has 152 valence electrons. The zero-order valence-corrected chi connectivity index (χ0v) is 17.8. The van der Waals surface area contributed by atoms with Gasteiger partial charge in [0.15, 0.2) is 0 Å². The minimum absolute atomic E-state index is 0.165. The second-order valence-electron chi connectivity index (χ2n) is 8.10. The van der Waals surface area contributed by atoms with E-state index in [0.29, 0.717) is 5.57 Å². The summed E-state index contributed by atoms with van der Waals surface area (Å²) in [6.07, 6.45) is 3.05. The largest absolute Gasteiger partial charge is 0.440 e. The second kappa shape index (κ2) is 8.22. The number of hydrogen-bond donors (Lipinski definition) is 2. The van der Waals surface area contributed by atoms with Crippen LogP contribution in [0.15, 0.2) is 83.1 Å². The first-order valence-electron chi connectivity index (χ1n) is 10.5. The molecule has 2 aliphatic heterocycles. The molecule has 0 fully saturated rings. The summed E-state index contributed by atoms with van der Waals surface area (Å²) in [6, 6.07) is 19.0. The summed E-state index contributed by atoms with van der Waals surface area (Å²) < 4.78 is 6.14. The summed E-state index contributed by atoms with van der Waals surface area (Å²) in [5.41, 5.74) is 13.9. The molecule has 0 saturated carbocycles. The average Bonchev–Trinajstić information content (AvgIpc) is 2.75. The third-order valence-electron chi connectivity index (χ3n) is 6.21. The van der Waals surface area contributed by atoms with Crippen molar-refractivity contribution in [3.63, 3.8) is 0 Å². The predicted molar refractivity (Wildman–Crippen MR) is 118 cm³/mol. The normalized spacial score (nSPS) is 20.9. The van der Waals surface area contributed by atoms with Crippen LogP contribution in [-0.2, 0) is 11.2 Å². The fourth-order valence-corrected chi connectivity index (χ4v) is 4.49. The van der Waals surface area contributed by atoms with Crippen molar-refractivity contribution in [1.29, 1.82) is 5.26 Å². The van der Waals surface area contributed by atoms with Crippen LogP contribution in [0, 0.1) is 25.2 Å². The molecule has 0 radical (unpaired) electrons. The molecule has 2 atom stereocenters. The first kappa shape index (κ1) is 20.0. The molecule has 0 bridgehead atoms. The van der Waals surface area contributed by atoms with Crippen molar-refractivity contribution in [3.05, 3.63) is 105 Å². The van der Waals surface area contributed by atoms with Crippen LogP contribution >= 0.6 is 0 Å². The number of nitrogens with zero attached hydrogens (tertiary/aromatic N) is 1. The van der Waals surface area contributed by atoms with Crippen molar-refractivity contribution >= 4 is 0 Å². The number of ether oxygens (including phenoxy) is 1. The van der Waals surface area contributed by atoms with E-state index in [0.717, 1.165) is 47.5 Å². The van der Waals surface area contributed by atoms with Crippen LogP contribution in [0.5, 0.6) is 0 Å². The molecule has 4 heteroatoms. The van der Waals surface area contributed by atoms with Crippen molar-refractivity contribution in [3.8, 4) is 6.07 Å². The van der Waals surface area contributed by atoms with Crippen LogP contribution in [0.4, 0.5) is 0 Å². The summed E-state index contributed by atoms with van der Waals surface area (Å²) in [4.78, 5) is 1.36. The van der Waals surface area contributed by atoms with Gasteiger partial charge in [-0.3, -0.25) is 0 Å². The van der Waals surface area contributed by atoms with E-state index >= 15 is 0 Å². The number of likely N-dealkylation sites (N-methyl/N-ethyl adjacent to an activating group) is 1. The first-order valence-corrected chi connectivity index (χ1v) is 10.5. The molecule has 0 aliphatic carbocycles. The highest BCUT2D eigenvalue weighted by atomic mass is 16.5. The maximum Gasteiger partial charge on any atom is 0.205 e. The van der Waals surface area contributed by atoms with Crippen molar-refractivity contribution in [2.45, 2.75) is 33.1 Å². The zero-order valence-electron chi connectivity index (χ0n) is 17.8. The molecule has 3 N–H and O–H groups in total. The van der Waals surface area contributed by atoms with Crippen molar-refractivity contribution in [1.82, 2.24) is 0 Å². The fraction of sp³-hybridized carbons (Fsp3) is 0.269. The molecule has 2 aliphatic rings. The Balaban J connectivity index is 1.85. The molecule has 4 nitrogen and oxygen atoms in total. The molecule has 0 aromatic heterocycles. The number of aryl methyl sites for hydroxylation is 2. The van der Waals surface area contributed by atoms with Gasteiger partial charge in [-0.15, -0.1) is 0 Å². The van der Waals surface area contributed by atoms with Crippen molar-refractivity contribution < 1.29 is 9.64 Å². The Morgan fingerprint density at radius 2 is 1.80 bits per heavy atom. The Morgan fingerprint density at radius 3 is 2.47 bits per heavy atom. The monoisotopic (exact) mass is 398 g/mol. The highest BCUT2D eigenvalue weighted by Crippen LogP contribution is 2.42. The van der Waals surface area contributed by atoms with E-state index in [1.54, 1.807) is 0 Å². The van der Waals surface area contributed by atoms with Crippen LogP contribution in [-0.4, -0.2) is 13.1 Å². The molecule has 0 amide bonds. The molecule has 0 saturated heterocycles. The minimum atomic E-state index is -0.165. The number of benzene rings is 2. The highest BCUT2D eigenvalue weighted by molar-refractivity contribution is 5.55. The van der Waals surface area contributed by atoms with E-state index in [9.17, 15) is 5.26 Å². The van der Waals surface area contributed by atoms with Gasteiger partial charge < -0.3 is 15.4 Å². The van der Waals surface area contributed by atoms with Crippen LogP contribution in [0.1, 0.15) is 35.1 Å². The lowest BCUT2D eigenvalue weighted by Crippen LogP contribution is -3.08. The van der Waals surface area contributed by atoms with Crippen LogP contribution in [0.3, 0.4) is 0 Å². The lowest BCUT2D eigenvalue weighted by molar-refractivity contribution is -0.841. The Bertz CT molecular complexity index is 1120. The van der Waals surface area contributed by atoms with E-state index in [2.05, 4.69) is 69.4 Å². The number of nitrogens with one attached hydrogen (secondary N) is 1. The number of rotatable bonds is 4. The summed E-state index contributed by atoms with van der Waals surface area (Å²) in [6.45, 7) is 8.19. The lowest BCUT2D eigenvalue weighted by Gasteiger charge is -2.34. The summed E-state index contributed by atoms with van der Waals surface area (Å²) in [5.74, 6) is 0.905. The van der Waals surface area contributed by atoms with Crippen LogP contribution < -0.4 is 10.6 Å². The molecule has 30 heavy (non-hydrogen) atoms. The highest BCUT2D eigenvalue weighted by Gasteiger charge is 2.39.